The van der Waals surface area contributed by atoms with Crippen LogP contribution in [0, 0.1) is 0 Å². The fraction of sp³-hybridized carbons (Fsp3) is 0.381. The summed E-state index contributed by atoms with van der Waals surface area (Å²) in [7, 11) is 0. The van der Waals surface area contributed by atoms with Crippen molar-refractivity contribution in [3.8, 4) is 17.2 Å². The van der Waals surface area contributed by atoms with Gasteiger partial charge in [-0.05, 0) is 29.3 Å². The van der Waals surface area contributed by atoms with Gasteiger partial charge in [0.15, 0.2) is 17.6 Å². The van der Waals surface area contributed by atoms with Crippen molar-refractivity contribution in [2.75, 3.05) is 33.0 Å². The van der Waals surface area contributed by atoms with Crippen LogP contribution in [0.25, 0.3) is 0 Å². The summed E-state index contributed by atoms with van der Waals surface area (Å²) in [5.41, 5.74) is 2.32. The molecule has 3 heterocycles. The van der Waals surface area contributed by atoms with Crippen molar-refractivity contribution in [1.82, 2.24) is 9.80 Å². The molecule has 0 radical (unpaired) electrons. The minimum atomic E-state index is -0.372. The molecule has 2 aromatic carbocycles. The number of ether oxygens (including phenoxy) is 3. The fourth-order valence-electron chi connectivity index (χ4n) is 3.95. The Morgan fingerprint density at radius 1 is 0.963 bits per heavy atom. The molecule has 1 atom stereocenters. The number of carbonyl (C=O) groups is 1. The minimum absolute atomic E-state index is 0.105. The van der Waals surface area contributed by atoms with Gasteiger partial charge in [0.05, 0.1) is 0 Å². The van der Waals surface area contributed by atoms with Crippen molar-refractivity contribution < 1.29 is 19.0 Å². The van der Waals surface area contributed by atoms with E-state index in [1.54, 1.807) is 0 Å². The monoisotopic (exact) mass is 366 g/mol. The van der Waals surface area contributed by atoms with Crippen molar-refractivity contribution in [1.29, 1.82) is 0 Å². The topological polar surface area (TPSA) is 51.2 Å². The van der Waals surface area contributed by atoms with Crippen LogP contribution in [-0.4, -0.2) is 54.8 Å². The number of para-hydroxylation sites is 1. The first kappa shape index (κ1) is 16.4. The molecule has 6 heteroatoms. The molecule has 27 heavy (non-hydrogen) atoms. The van der Waals surface area contributed by atoms with Crippen LogP contribution in [-0.2, 0) is 17.8 Å². The maximum atomic E-state index is 12.8. The third-order valence-electron chi connectivity index (χ3n) is 5.45. The number of fused-ring (bicyclic) bond motifs is 2. The Kier molecular flexibility index (Phi) is 4.13. The predicted molar refractivity (Wildman–Crippen MR) is 99.0 cm³/mol. The van der Waals surface area contributed by atoms with Crippen LogP contribution in [0.4, 0.5) is 0 Å². The lowest BCUT2D eigenvalue weighted by molar-refractivity contribution is -0.139. The number of hydrogen-bond donors (Lipinski definition) is 0. The zero-order chi connectivity index (χ0) is 18.2. The molecule has 0 saturated carbocycles. The molecule has 140 valence electrons. The molecule has 3 aliphatic heterocycles. The first-order valence-corrected chi connectivity index (χ1v) is 9.40. The molecule has 6 nitrogen and oxygen atoms in total. The summed E-state index contributed by atoms with van der Waals surface area (Å²) >= 11 is 0. The van der Waals surface area contributed by atoms with Crippen LogP contribution in [0.1, 0.15) is 11.1 Å². The van der Waals surface area contributed by atoms with Crippen LogP contribution < -0.4 is 14.2 Å². The van der Waals surface area contributed by atoms with Gasteiger partial charge < -0.3 is 19.1 Å². The van der Waals surface area contributed by atoms with E-state index in [-0.39, 0.29) is 12.0 Å². The van der Waals surface area contributed by atoms with E-state index in [0.717, 1.165) is 55.5 Å². The summed E-state index contributed by atoms with van der Waals surface area (Å²) in [5.74, 6) is 2.58. The normalized spacial score (nSPS) is 21.0. The van der Waals surface area contributed by atoms with Gasteiger partial charge in [-0.3, -0.25) is 9.69 Å². The van der Waals surface area contributed by atoms with Gasteiger partial charge in [0.25, 0.3) is 5.91 Å². The number of rotatable bonds is 3. The average molecular weight is 366 g/mol. The number of benzene rings is 2. The van der Waals surface area contributed by atoms with Crippen molar-refractivity contribution >= 4 is 5.91 Å². The van der Waals surface area contributed by atoms with Crippen LogP contribution in [0.3, 0.4) is 0 Å². The van der Waals surface area contributed by atoms with E-state index >= 15 is 0 Å². The average Bonchev–Trinajstić information content (AvgIpc) is 3.34. The lowest BCUT2D eigenvalue weighted by Gasteiger charge is -2.35. The Hall–Kier alpha value is -2.73. The van der Waals surface area contributed by atoms with E-state index in [2.05, 4.69) is 11.0 Å². The summed E-state index contributed by atoms with van der Waals surface area (Å²) < 4.78 is 16.7. The van der Waals surface area contributed by atoms with Crippen molar-refractivity contribution in [2.45, 2.75) is 19.1 Å². The maximum absolute atomic E-state index is 12.8. The number of amides is 1. The second-order valence-electron chi connectivity index (χ2n) is 7.21. The van der Waals surface area contributed by atoms with Crippen LogP contribution in [0.2, 0.25) is 0 Å². The molecule has 0 aliphatic carbocycles. The van der Waals surface area contributed by atoms with Crippen molar-refractivity contribution in [3.63, 3.8) is 0 Å². The second-order valence-corrected chi connectivity index (χ2v) is 7.21. The van der Waals surface area contributed by atoms with E-state index in [0.29, 0.717) is 13.2 Å². The highest BCUT2D eigenvalue weighted by Crippen LogP contribution is 2.33. The standard InChI is InChI=1S/C21H22N2O4/c24-21(20-12-16-3-1-2-4-17(16)27-20)23-9-7-22(8-10-23)13-15-5-6-18-19(11-15)26-14-25-18/h1-6,11,20H,7-10,12-14H2. The van der Waals surface area contributed by atoms with E-state index < -0.39 is 0 Å². The molecule has 1 saturated heterocycles. The summed E-state index contributed by atoms with van der Waals surface area (Å²) in [6.45, 7) is 4.34. The van der Waals surface area contributed by atoms with E-state index in [1.165, 1.54) is 5.56 Å². The third kappa shape index (κ3) is 3.21. The molecule has 0 N–H and O–H groups in total. The Morgan fingerprint density at radius 3 is 2.63 bits per heavy atom. The van der Waals surface area contributed by atoms with Gasteiger partial charge >= 0.3 is 0 Å². The zero-order valence-corrected chi connectivity index (χ0v) is 15.1. The van der Waals surface area contributed by atoms with Gasteiger partial charge in [0, 0.05) is 39.1 Å². The highest BCUT2D eigenvalue weighted by atomic mass is 16.7. The zero-order valence-electron chi connectivity index (χ0n) is 15.1. The SMILES string of the molecule is O=C(C1Cc2ccccc2O1)N1CCN(Cc2ccc3c(c2)OCO3)CC1. The van der Waals surface area contributed by atoms with Gasteiger partial charge in [-0.25, -0.2) is 0 Å². The molecule has 5 rings (SSSR count). The quantitative estimate of drug-likeness (QED) is 0.832. The largest absolute Gasteiger partial charge is 0.480 e. The molecule has 1 fully saturated rings. The number of piperazine rings is 1. The highest BCUT2D eigenvalue weighted by Gasteiger charge is 2.33. The minimum Gasteiger partial charge on any atom is -0.480 e. The van der Waals surface area contributed by atoms with Gasteiger partial charge in [-0.1, -0.05) is 24.3 Å². The Balaban J connectivity index is 1.16. The smallest absolute Gasteiger partial charge is 0.264 e. The van der Waals surface area contributed by atoms with E-state index in [4.69, 9.17) is 14.2 Å². The first-order valence-electron chi connectivity index (χ1n) is 9.40. The molecule has 2 aromatic rings. The molecular formula is C21H22N2O4. The van der Waals surface area contributed by atoms with E-state index in [9.17, 15) is 4.79 Å². The lowest BCUT2D eigenvalue weighted by Crippen LogP contribution is -2.51. The van der Waals surface area contributed by atoms with Gasteiger partial charge in [0.1, 0.15) is 5.75 Å². The van der Waals surface area contributed by atoms with Gasteiger partial charge in [0.2, 0.25) is 6.79 Å². The molecular weight excluding hydrogens is 344 g/mol. The fourth-order valence-corrected chi connectivity index (χ4v) is 3.95. The third-order valence-corrected chi connectivity index (χ3v) is 5.45. The molecule has 3 aliphatic rings. The Labute approximate surface area is 158 Å². The Morgan fingerprint density at radius 2 is 1.78 bits per heavy atom. The molecule has 1 amide bonds. The molecule has 0 bridgehead atoms. The maximum Gasteiger partial charge on any atom is 0.264 e. The lowest BCUT2D eigenvalue weighted by atomic mass is 10.1. The summed E-state index contributed by atoms with van der Waals surface area (Å²) in [6.07, 6.45) is 0.301. The van der Waals surface area contributed by atoms with Crippen LogP contribution >= 0.6 is 0 Å². The van der Waals surface area contributed by atoms with Gasteiger partial charge in [-0.2, -0.15) is 0 Å². The summed E-state index contributed by atoms with van der Waals surface area (Å²) in [4.78, 5) is 17.1. The molecule has 0 aromatic heterocycles. The van der Waals surface area contributed by atoms with Crippen LogP contribution in [0.15, 0.2) is 42.5 Å². The summed E-state index contributed by atoms with van der Waals surface area (Å²) in [5, 5.41) is 0. The van der Waals surface area contributed by atoms with Gasteiger partial charge in [-0.15, -0.1) is 0 Å². The van der Waals surface area contributed by atoms with E-state index in [1.807, 2.05) is 41.3 Å². The number of nitrogens with zero attached hydrogens (tertiary/aromatic N) is 2. The van der Waals surface area contributed by atoms with Crippen molar-refractivity contribution in [3.05, 3.63) is 53.6 Å². The second kappa shape index (κ2) is 6.78. The van der Waals surface area contributed by atoms with Crippen LogP contribution in [0.5, 0.6) is 17.2 Å². The predicted octanol–water partition coefficient (Wildman–Crippen LogP) is 2.06. The Bertz CT molecular complexity index is 836. The summed E-state index contributed by atoms with van der Waals surface area (Å²) in [6, 6.07) is 14.0. The number of hydrogen-bond acceptors (Lipinski definition) is 5. The first-order chi connectivity index (χ1) is 13.3. The highest BCUT2D eigenvalue weighted by molar-refractivity contribution is 5.82. The molecule has 0 spiro atoms. The molecule has 1 unspecified atom stereocenters. The number of carbonyl (C=O) groups excluding carboxylic acids is 1. The van der Waals surface area contributed by atoms with Crippen molar-refractivity contribution in [2.24, 2.45) is 0 Å².